The second kappa shape index (κ2) is 6.91. The summed E-state index contributed by atoms with van der Waals surface area (Å²) in [5.74, 6) is 2.03. The van der Waals surface area contributed by atoms with Crippen LogP contribution >= 0.6 is 0 Å². The summed E-state index contributed by atoms with van der Waals surface area (Å²) >= 11 is 0. The fourth-order valence-corrected chi connectivity index (χ4v) is 3.08. The van der Waals surface area contributed by atoms with Gasteiger partial charge in [-0.15, -0.1) is 10.2 Å². The van der Waals surface area contributed by atoms with Crippen molar-refractivity contribution in [2.45, 2.75) is 25.9 Å². The Bertz CT molecular complexity index is 952. The van der Waals surface area contributed by atoms with Crippen molar-refractivity contribution < 1.29 is 9.53 Å². The number of aromatic nitrogens is 5. The Morgan fingerprint density at radius 1 is 1.27 bits per heavy atom. The van der Waals surface area contributed by atoms with Crippen LogP contribution in [0.2, 0.25) is 0 Å². The lowest BCUT2D eigenvalue weighted by Crippen LogP contribution is -2.24. The van der Waals surface area contributed by atoms with E-state index in [0.717, 1.165) is 36.6 Å². The Labute approximate surface area is 150 Å². The average Bonchev–Trinajstić information content (AvgIpc) is 3.30. The molecule has 0 radical (unpaired) electrons. The highest BCUT2D eigenvalue weighted by Crippen LogP contribution is 2.25. The topological polar surface area (TPSA) is 94.8 Å². The zero-order valence-corrected chi connectivity index (χ0v) is 14.3. The van der Waals surface area contributed by atoms with Crippen molar-refractivity contribution in [2.75, 3.05) is 7.11 Å². The lowest BCUT2D eigenvalue weighted by molar-refractivity contribution is 0.0949. The van der Waals surface area contributed by atoms with Crippen LogP contribution in [0.15, 0.2) is 36.7 Å². The highest BCUT2D eigenvalue weighted by molar-refractivity contribution is 5.95. The molecule has 26 heavy (non-hydrogen) atoms. The average molecular weight is 350 g/mol. The maximum absolute atomic E-state index is 12.5. The van der Waals surface area contributed by atoms with Crippen LogP contribution in [0.25, 0.3) is 11.3 Å². The second-order valence-corrected chi connectivity index (χ2v) is 5.97. The van der Waals surface area contributed by atoms with Gasteiger partial charge in [0.25, 0.3) is 5.91 Å². The molecule has 0 bridgehead atoms. The smallest absolute Gasteiger partial charge is 0.251 e. The molecule has 3 heterocycles. The van der Waals surface area contributed by atoms with E-state index in [2.05, 4.69) is 30.0 Å². The van der Waals surface area contributed by atoms with Gasteiger partial charge < -0.3 is 14.6 Å². The summed E-state index contributed by atoms with van der Waals surface area (Å²) in [4.78, 5) is 21.0. The Hall–Kier alpha value is -3.29. The fraction of sp³-hybridized carbons (Fsp3) is 0.278. The Balaban J connectivity index is 1.51. The maximum Gasteiger partial charge on any atom is 0.251 e. The summed E-state index contributed by atoms with van der Waals surface area (Å²) in [5.41, 5.74) is 1.90. The highest BCUT2D eigenvalue weighted by Gasteiger charge is 2.18. The molecule has 0 unspecified atom stereocenters. The van der Waals surface area contributed by atoms with Crippen molar-refractivity contribution in [1.29, 1.82) is 0 Å². The van der Waals surface area contributed by atoms with Gasteiger partial charge in [0, 0.05) is 36.5 Å². The molecular weight excluding hydrogens is 332 g/mol. The SMILES string of the molecule is COc1nccnc1-c1cccc(C(=O)NCc2nnc3n2CCC3)c1. The first-order chi connectivity index (χ1) is 12.8. The third-order valence-electron chi connectivity index (χ3n) is 4.35. The number of fused-ring (bicyclic) bond motifs is 1. The third kappa shape index (κ3) is 3.01. The molecule has 4 rings (SSSR count). The number of carbonyl (C=O) groups excluding carboxylic acids is 1. The molecule has 1 aromatic carbocycles. The van der Waals surface area contributed by atoms with Crippen molar-refractivity contribution in [3.63, 3.8) is 0 Å². The molecule has 1 amide bonds. The molecule has 0 saturated heterocycles. The monoisotopic (exact) mass is 350 g/mol. The van der Waals surface area contributed by atoms with Gasteiger partial charge in [0.2, 0.25) is 5.88 Å². The van der Waals surface area contributed by atoms with E-state index in [4.69, 9.17) is 4.74 Å². The van der Waals surface area contributed by atoms with Crippen molar-refractivity contribution in [3.05, 3.63) is 53.9 Å². The predicted molar refractivity (Wildman–Crippen MR) is 93.5 cm³/mol. The largest absolute Gasteiger partial charge is 0.479 e. The molecule has 0 spiro atoms. The lowest BCUT2D eigenvalue weighted by atomic mass is 10.1. The zero-order valence-electron chi connectivity index (χ0n) is 14.3. The van der Waals surface area contributed by atoms with E-state index in [1.54, 1.807) is 31.6 Å². The number of methoxy groups -OCH3 is 1. The minimum atomic E-state index is -0.176. The van der Waals surface area contributed by atoms with Gasteiger partial charge in [-0.1, -0.05) is 12.1 Å². The number of carbonyl (C=O) groups is 1. The van der Waals surface area contributed by atoms with Gasteiger partial charge in [-0.3, -0.25) is 4.79 Å². The van der Waals surface area contributed by atoms with E-state index in [0.29, 0.717) is 23.7 Å². The number of aryl methyl sites for hydroxylation is 1. The van der Waals surface area contributed by atoms with Crippen LogP contribution in [0.1, 0.15) is 28.4 Å². The number of nitrogens with zero attached hydrogens (tertiary/aromatic N) is 5. The molecule has 3 aromatic rings. The standard InChI is InChI=1S/C18H18N6O2/c1-26-18-16(19-7-8-20-18)12-4-2-5-13(10-12)17(25)21-11-15-23-22-14-6-3-9-24(14)15/h2,4-5,7-8,10H,3,6,9,11H2,1H3,(H,21,25). The molecule has 1 aliphatic rings. The van der Waals surface area contributed by atoms with Gasteiger partial charge in [-0.25, -0.2) is 9.97 Å². The first-order valence-corrected chi connectivity index (χ1v) is 8.41. The van der Waals surface area contributed by atoms with Gasteiger partial charge in [0.05, 0.1) is 13.7 Å². The van der Waals surface area contributed by atoms with Gasteiger partial charge in [0.15, 0.2) is 5.82 Å². The molecule has 0 fully saturated rings. The van der Waals surface area contributed by atoms with Crippen LogP contribution in [0.5, 0.6) is 5.88 Å². The van der Waals surface area contributed by atoms with Crippen LogP contribution in [0, 0.1) is 0 Å². The number of ether oxygens (including phenoxy) is 1. The molecule has 132 valence electrons. The molecule has 0 atom stereocenters. The Morgan fingerprint density at radius 2 is 2.15 bits per heavy atom. The quantitative estimate of drug-likeness (QED) is 0.751. The molecule has 8 heteroatoms. The number of hydrogen-bond acceptors (Lipinski definition) is 6. The molecule has 8 nitrogen and oxygen atoms in total. The number of rotatable bonds is 5. The molecule has 2 aromatic heterocycles. The summed E-state index contributed by atoms with van der Waals surface area (Å²) in [6, 6.07) is 7.22. The summed E-state index contributed by atoms with van der Waals surface area (Å²) < 4.78 is 7.32. The molecule has 0 aliphatic carbocycles. The minimum absolute atomic E-state index is 0.176. The van der Waals surface area contributed by atoms with E-state index < -0.39 is 0 Å². The third-order valence-corrected chi connectivity index (χ3v) is 4.35. The molecule has 0 saturated carbocycles. The summed E-state index contributed by atoms with van der Waals surface area (Å²) in [5, 5.41) is 11.2. The van der Waals surface area contributed by atoms with Crippen molar-refractivity contribution in [2.24, 2.45) is 0 Å². The van der Waals surface area contributed by atoms with Crippen LogP contribution in [-0.2, 0) is 19.5 Å². The summed E-state index contributed by atoms with van der Waals surface area (Å²) in [6.45, 7) is 1.26. The molecule has 1 aliphatic heterocycles. The Kier molecular flexibility index (Phi) is 4.30. The number of nitrogens with one attached hydrogen (secondary N) is 1. The zero-order chi connectivity index (χ0) is 17.9. The molecule has 1 N–H and O–H groups in total. The fourth-order valence-electron chi connectivity index (χ4n) is 3.08. The van der Waals surface area contributed by atoms with Gasteiger partial charge >= 0.3 is 0 Å². The Morgan fingerprint density at radius 3 is 3.04 bits per heavy atom. The highest BCUT2D eigenvalue weighted by atomic mass is 16.5. The number of hydrogen-bond donors (Lipinski definition) is 1. The predicted octanol–water partition coefficient (Wildman–Crippen LogP) is 1.62. The van der Waals surface area contributed by atoms with E-state index in [9.17, 15) is 4.79 Å². The minimum Gasteiger partial charge on any atom is -0.479 e. The van der Waals surface area contributed by atoms with Crippen LogP contribution in [0.3, 0.4) is 0 Å². The van der Waals surface area contributed by atoms with Crippen molar-refractivity contribution in [1.82, 2.24) is 30.0 Å². The van der Waals surface area contributed by atoms with E-state index in [1.165, 1.54) is 0 Å². The van der Waals surface area contributed by atoms with E-state index in [-0.39, 0.29) is 5.91 Å². The summed E-state index contributed by atoms with van der Waals surface area (Å²) in [6.07, 6.45) is 5.18. The maximum atomic E-state index is 12.5. The first-order valence-electron chi connectivity index (χ1n) is 8.41. The van der Waals surface area contributed by atoms with E-state index >= 15 is 0 Å². The first kappa shape index (κ1) is 16.2. The number of benzene rings is 1. The number of amides is 1. The second-order valence-electron chi connectivity index (χ2n) is 5.97. The summed E-state index contributed by atoms with van der Waals surface area (Å²) in [7, 11) is 1.54. The molecular formula is C18H18N6O2. The van der Waals surface area contributed by atoms with Crippen molar-refractivity contribution >= 4 is 5.91 Å². The lowest BCUT2D eigenvalue weighted by Gasteiger charge is -2.09. The van der Waals surface area contributed by atoms with Crippen LogP contribution in [0.4, 0.5) is 0 Å². The normalized spacial score (nSPS) is 12.7. The van der Waals surface area contributed by atoms with E-state index in [1.807, 2.05) is 12.1 Å². The van der Waals surface area contributed by atoms with Crippen LogP contribution < -0.4 is 10.1 Å². The van der Waals surface area contributed by atoms with Gasteiger partial charge in [0.1, 0.15) is 11.5 Å². The van der Waals surface area contributed by atoms with Crippen LogP contribution in [-0.4, -0.2) is 37.7 Å². The van der Waals surface area contributed by atoms with Crippen molar-refractivity contribution in [3.8, 4) is 17.1 Å². The van der Waals surface area contributed by atoms with Gasteiger partial charge in [-0.05, 0) is 18.6 Å². The van der Waals surface area contributed by atoms with Gasteiger partial charge in [-0.2, -0.15) is 0 Å².